The minimum Gasteiger partial charge on any atom is -0.870 e. The van der Waals surface area contributed by atoms with Crippen molar-refractivity contribution in [2.24, 2.45) is 0 Å². The van der Waals surface area contributed by atoms with Gasteiger partial charge in [0.2, 0.25) is 11.5 Å². The topological polar surface area (TPSA) is 522 Å². The number of ether oxygens (including phenoxy) is 2. The monoisotopic (exact) mass is 1020 g/mol. The van der Waals surface area contributed by atoms with Gasteiger partial charge < -0.3 is 97.4 Å². The first-order valence-corrected chi connectivity index (χ1v) is 19.5. The van der Waals surface area contributed by atoms with Crippen LogP contribution >= 0.6 is 46.9 Å². The second kappa shape index (κ2) is 27.0. The number of carbonyl (C=O) groups is 2. The standard InChI is InChI=1S/2C6H11O15P3.5Ca/c2*7-1-2(8)4-3(9)5(6(10)18-4)19-23(14,15)21-24(16,17)20-22(11,12)13;;;;;/h2*2,4,7-9H,1H2,(H,14,15)(H,16,17)(H2,11,12,13);;;;;/q;;5*+2/p-10/t2*2-,4+;;;;;/m00...../s1. The summed E-state index contributed by atoms with van der Waals surface area (Å²) in [5.74, 6) is -9.95. The fraction of sp³-hybridized carbons (Fsp3) is 0.500. The second-order valence-corrected chi connectivity index (χ2v) is 16.1. The molecule has 0 bridgehead atoms. The molecule has 53 heavy (non-hydrogen) atoms. The summed E-state index contributed by atoms with van der Waals surface area (Å²) in [7, 11) is -37.2. The van der Waals surface area contributed by atoms with Gasteiger partial charge in [-0.15, -0.1) is 0 Å². The van der Waals surface area contributed by atoms with Crippen LogP contribution in [0.4, 0.5) is 0 Å². The molecule has 41 heteroatoms. The third-order valence-electron chi connectivity index (χ3n) is 4.08. The molecule has 0 saturated heterocycles. The molecule has 30 nitrogen and oxygen atoms in total. The summed E-state index contributed by atoms with van der Waals surface area (Å²) in [6, 6.07) is 0. The van der Waals surface area contributed by atoms with Crippen molar-refractivity contribution in [3.8, 4) is 0 Å². The Morgan fingerprint density at radius 2 is 0.774 bits per heavy atom. The van der Waals surface area contributed by atoms with E-state index in [0.29, 0.717) is 0 Å². The third kappa shape index (κ3) is 24.8. The van der Waals surface area contributed by atoms with E-state index < -0.39 is 120 Å². The quantitative estimate of drug-likeness (QED) is 0.0633. The molecule has 0 aromatic carbocycles. The smallest absolute Gasteiger partial charge is 0.870 e. The Bertz CT molecular complexity index is 1490. The molecule has 0 spiro atoms. The average molecular weight is 1020 g/mol. The van der Waals surface area contributed by atoms with Crippen LogP contribution in [-0.2, 0) is 72.7 Å². The molecule has 0 aliphatic carbocycles. The molecule has 4 N–H and O–H groups in total. The van der Waals surface area contributed by atoms with E-state index in [2.05, 4.69) is 35.8 Å². The molecule has 2 aliphatic heterocycles. The number of esters is 2. The van der Waals surface area contributed by atoms with Crippen LogP contribution in [0.2, 0.25) is 0 Å². The van der Waals surface area contributed by atoms with E-state index in [4.69, 9.17) is 20.4 Å². The molecule has 8 atom stereocenters. The van der Waals surface area contributed by atoms with Gasteiger partial charge in [0.1, 0.15) is 24.4 Å². The largest absolute Gasteiger partial charge is 2.00 e. The predicted molar refractivity (Wildman–Crippen MR) is 141 cm³/mol. The number of phosphoric acid groups is 6. The van der Waals surface area contributed by atoms with Gasteiger partial charge in [-0.3, -0.25) is 26.9 Å². The number of rotatable bonds is 16. The van der Waals surface area contributed by atoms with Crippen molar-refractivity contribution in [2.75, 3.05) is 13.2 Å². The summed E-state index contributed by atoms with van der Waals surface area (Å²) in [5, 5.41) is 58.7. The van der Waals surface area contributed by atoms with Gasteiger partial charge in [0.05, 0.1) is 28.9 Å². The van der Waals surface area contributed by atoms with Crippen LogP contribution in [-0.4, -0.2) is 259 Å². The number of aliphatic hydroxyl groups is 4. The summed E-state index contributed by atoms with van der Waals surface area (Å²) in [5.41, 5.74) is 0. The number of aliphatic hydroxyl groups excluding tert-OH is 4. The van der Waals surface area contributed by atoms with E-state index >= 15 is 0 Å². The Morgan fingerprint density at radius 1 is 0.528 bits per heavy atom. The molecule has 0 amide bonds. The van der Waals surface area contributed by atoms with Crippen molar-refractivity contribution >= 4 is 248 Å². The predicted octanol–water partition coefficient (Wildman–Crippen LogP) is -12.6. The summed E-state index contributed by atoms with van der Waals surface area (Å²) in [4.78, 5) is 107. The molecule has 0 aromatic heterocycles. The number of hydrogen-bond acceptors (Lipinski definition) is 30. The molecule has 0 aromatic rings. The van der Waals surface area contributed by atoms with E-state index in [1.165, 1.54) is 0 Å². The normalized spacial score (nSPS) is 22.6. The van der Waals surface area contributed by atoms with Crippen LogP contribution in [0.3, 0.4) is 0 Å². The first-order valence-electron chi connectivity index (χ1n) is 10.7. The number of cyclic esters (lactones) is 2. The SMILES string of the molecule is O=C1O[C@H]([C@@H](O)CO)C([O-])=C1OP(=O)([O-])OP(=O)([O-])OP(=O)([O-])[O-].O=C1O[C@H]([C@@H](O)CO)C([O-])=C1OP(=O)([O-])OP(=O)([O-])OP(=O)([O-])[O-].[Ca+2].[Ca+2].[Ca+2].[Ca+2].[Ca+2]. The molecular formula is C12H12Ca5O30P6. The molecule has 0 radical (unpaired) electrons. The van der Waals surface area contributed by atoms with Gasteiger partial charge in [-0.05, 0) is 11.5 Å². The van der Waals surface area contributed by atoms with Crippen LogP contribution in [0.5, 0.6) is 0 Å². The molecule has 280 valence electrons. The van der Waals surface area contributed by atoms with Gasteiger partial charge in [-0.25, -0.2) is 18.2 Å². The van der Waals surface area contributed by atoms with Gasteiger partial charge in [0.15, 0.2) is 0 Å². The maximum atomic E-state index is 11.6. The summed E-state index contributed by atoms with van der Waals surface area (Å²) >= 11 is 0. The van der Waals surface area contributed by atoms with Crippen LogP contribution in [0.15, 0.2) is 23.0 Å². The maximum absolute atomic E-state index is 11.6. The fourth-order valence-corrected chi connectivity index (χ4v) is 8.28. The van der Waals surface area contributed by atoms with Crippen LogP contribution in [0.1, 0.15) is 0 Å². The van der Waals surface area contributed by atoms with Crippen LogP contribution in [0, 0.1) is 0 Å². The van der Waals surface area contributed by atoms with Crippen LogP contribution in [0.25, 0.3) is 0 Å². The van der Waals surface area contributed by atoms with Crippen molar-refractivity contribution in [3.63, 3.8) is 0 Å². The van der Waals surface area contributed by atoms with E-state index in [0.717, 1.165) is 0 Å². The second-order valence-electron chi connectivity index (χ2n) is 7.73. The first kappa shape index (κ1) is 66.8. The van der Waals surface area contributed by atoms with Crippen molar-refractivity contribution in [1.82, 2.24) is 0 Å². The van der Waals surface area contributed by atoms with Gasteiger partial charge in [-0.1, -0.05) is 0 Å². The van der Waals surface area contributed by atoms with Crippen molar-refractivity contribution < 1.29 is 143 Å². The van der Waals surface area contributed by atoms with E-state index in [-0.39, 0.29) is 189 Å². The Labute approximate surface area is 443 Å². The minimum absolute atomic E-state index is 0. The molecule has 0 saturated carbocycles. The summed E-state index contributed by atoms with van der Waals surface area (Å²) in [6.45, 7) is -2.12. The van der Waals surface area contributed by atoms with E-state index in [1.807, 2.05) is 0 Å². The zero-order valence-corrected chi connectivity index (χ0v) is 41.8. The molecule has 0 fully saturated rings. The van der Waals surface area contributed by atoms with Crippen molar-refractivity contribution in [3.05, 3.63) is 23.0 Å². The van der Waals surface area contributed by atoms with Crippen molar-refractivity contribution in [1.29, 1.82) is 0 Å². The number of carbonyl (C=O) groups excluding carboxylic acids is 2. The van der Waals surface area contributed by atoms with E-state index in [9.17, 15) is 86.3 Å². The summed E-state index contributed by atoms with van der Waals surface area (Å²) in [6.07, 6.45) is -7.93. The Kier molecular flexibility index (Phi) is 34.0. The summed E-state index contributed by atoms with van der Waals surface area (Å²) < 4.78 is 92.4. The van der Waals surface area contributed by atoms with Gasteiger partial charge >= 0.3 is 216 Å². The first-order chi connectivity index (χ1) is 21.3. The molecule has 2 aliphatic rings. The van der Waals surface area contributed by atoms with Gasteiger partial charge in [0.25, 0.3) is 15.6 Å². The Balaban J connectivity index is -0.000000265. The molecule has 2 rings (SSSR count). The number of phosphoric ester groups is 2. The zero-order chi connectivity index (χ0) is 37.8. The fourth-order valence-electron chi connectivity index (χ4n) is 2.54. The number of hydrogen-bond donors (Lipinski definition) is 4. The third-order valence-corrected chi connectivity index (χ3v) is 11.3. The molecular weight excluding hydrogens is 1010 g/mol. The Hall–Kier alpha value is 4.66. The Morgan fingerprint density at radius 3 is 0.981 bits per heavy atom. The minimum atomic E-state index is -6.28. The van der Waals surface area contributed by atoms with Crippen molar-refractivity contribution in [2.45, 2.75) is 24.4 Å². The van der Waals surface area contributed by atoms with E-state index in [1.54, 1.807) is 0 Å². The average Bonchev–Trinajstić information content (AvgIpc) is 3.28. The molecule has 2 heterocycles. The van der Waals surface area contributed by atoms with Gasteiger partial charge in [-0.2, -0.15) is 0 Å². The molecule has 4 unspecified atom stereocenters. The zero-order valence-electron chi connectivity index (χ0n) is 25.3. The maximum Gasteiger partial charge on any atom is 2.00 e. The van der Waals surface area contributed by atoms with Crippen LogP contribution < -0.4 is 49.4 Å². The van der Waals surface area contributed by atoms with Gasteiger partial charge in [0, 0.05) is 0 Å².